The van der Waals surface area contributed by atoms with Crippen molar-refractivity contribution in [3.8, 4) is 5.75 Å². The zero-order chi connectivity index (χ0) is 16.3. The second-order valence-electron chi connectivity index (χ2n) is 4.44. The van der Waals surface area contributed by atoms with Crippen LogP contribution in [0.4, 0.5) is 5.69 Å². The minimum absolute atomic E-state index is 0.141. The molecule has 0 aliphatic heterocycles. The maximum Gasteiger partial charge on any atom is 0.261 e. The van der Waals surface area contributed by atoms with E-state index in [2.05, 4.69) is 14.0 Å². The van der Waals surface area contributed by atoms with E-state index in [4.69, 9.17) is 5.41 Å². The number of carbonyl (C=O) groups is 1. The van der Waals surface area contributed by atoms with Crippen molar-refractivity contribution < 1.29 is 18.3 Å². The van der Waals surface area contributed by atoms with Crippen LogP contribution in [0.2, 0.25) is 0 Å². The summed E-state index contributed by atoms with van der Waals surface area (Å²) in [6.45, 7) is 0. The Morgan fingerprint density at radius 1 is 1.23 bits per heavy atom. The lowest BCUT2D eigenvalue weighted by atomic mass is 10.1. The van der Waals surface area contributed by atoms with Crippen LogP contribution in [0.5, 0.6) is 5.75 Å². The molecule has 1 atom stereocenters. The first kappa shape index (κ1) is 16.1. The molecule has 0 fully saturated rings. The Bertz CT molecular complexity index is 850. The fourth-order valence-electron chi connectivity index (χ4n) is 1.78. The van der Waals surface area contributed by atoms with E-state index in [0.717, 1.165) is 17.4 Å². The van der Waals surface area contributed by atoms with Gasteiger partial charge in [-0.3, -0.25) is 14.9 Å². The number of aldehydes is 1. The molecule has 0 saturated carbocycles. The molecule has 8 heteroatoms. The van der Waals surface area contributed by atoms with E-state index in [1.54, 1.807) is 24.3 Å². The molecule has 1 unspecified atom stereocenters. The fourth-order valence-corrected chi connectivity index (χ4v) is 3.14. The molecule has 0 bridgehead atoms. The normalized spacial score (nSPS) is 11.0. The highest BCUT2D eigenvalue weighted by molar-refractivity contribution is 7.92. The third-order valence-electron chi connectivity index (χ3n) is 2.83. The van der Waals surface area contributed by atoms with Crippen LogP contribution in [0.3, 0.4) is 0 Å². The molecule has 114 valence electrons. The summed E-state index contributed by atoms with van der Waals surface area (Å²) in [4.78, 5) is 10.5. The van der Waals surface area contributed by atoms with Gasteiger partial charge in [0.05, 0.1) is 4.90 Å². The molecular weight excluding hydrogens is 323 g/mol. The highest BCUT2D eigenvalue weighted by atomic mass is 32.2. The molecule has 3 N–H and O–H groups in total. The third-order valence-corrected chi connectivity index (χ3v) is 4.56. The molecule has 0 aliphatic carbocycles. The second kappa shape index (κ2) is 6.25. The van der Waals surface area contributed by atoms with Gasteiger partial charge in [-0.15, -0.1) is 9.24 Å². The summed E-state index contributed by atoms with van der Waals surface area (Å²) in [6.07, 6.45) is 0.233. The van der Waals surface area contributed by atoms with Crippen molar-refractivity contribution in [2.45, 2.75) is 4.90 Å². The van der Waals surface area contributed by atoms with Gasteiger partial charge in [0.1, 0.15) is 11.5 Å². The SMILES string of the molecule is N=C(C=O)c1cc(S(=O)(=O)Nc2cccc(P)c2)ccc1O. The van der Waals surface area contributed by atoms with E-state index in [-0.39, 0.29) is 22.5 Å². The van der Waals surface area contributed by atoms with Crippen molar-refractivity contribution >= 4 is 42.3 Å². The van der Waals surface area contributed by atoms with Crippen LogP contribution in [0, 0.1) is 5.41 Å². The minimum Gasteiger partial charge on any atom is -0.507 e. The molecule has 2 aromatic carbocycles. The van der Waals surface area contributed by atoms with Crippen LogP contribution >= 0.6 is 9.24 Å². The molecule has 0 spiro atoms. The summed E-state index contributed by atoms with van der Waals surface area (Å²) in [5, 5.41) is 17.8. The van der Waals surface area contributed by atoms with Crippen molar-refractivity contribution in [2.24, 2.45) is 0 Å². The Morgan fingerprint density at radius 3 is 2.59 bits per heavy atom. The molecule has 22 heavy (non-hydrogen) atoms. The second-order valence-corrected chi connectivity index (χ2v) is 6.79. The molecule has 2 rings (SSSR count). The van der Waals surface area contributed by atoms with Crippen molar-refractivity contribution in [1.29, 1.82) is 5.41 Å². The van der Waals surface area contributed by atoms with Crippen LogP contribution in [-0.2, 0) is 14.8 Å². The largest absolute Gasteiger partial charge is 0.507 e. The van der Waals surface area contributed by atoms with Crippen LogP contribution < -0.4 is 10.0 Å². The van der Waals surface area contributed by atoms with E-state index in [9.17, 15) is 18.3 Å². The Morgan fingerprint density at radius 2 is 1.95 bits per heavy atom. The zero-order valence-electron chi connectivity index (χ0n) is 11.3. The maximum absolute atomic E-state index is 12.3. The zero-order valence-corrected chi connectivity index (χ0v) is 13.2. The summed E-state index contributed by atoms with van der Waals surface area (Å²) >= 11 is 0. The average Bonchev–Trinajstić information content (AvgIpc) is 2.46. The van der Waals surface area contributed by atoms with Crippen molar-refractivity contribution in [3.05, 3.63) is 48.0 Å². The summed E-state index contributed by atoms with van der Waals surface area (Å²) in [6, 6.07) is 10.1. The number of hydrogen-bond acceptors (Lipinski definition) is 5. The quantitative estimate of drug-likeness (QED) is 0.434. The van der Waals surface area contributed by atoms with E-state index in [1.165, 1.54) is 6.07 Å². The van der Waals surface area contributed by atoms with Gasteiger partial charge in [0, 0.05) is 11.3 Å². The summed E-state index contributed by atoms with van der Waals surface area (Å²) in [7, 11) is -1.43. The smallest absolute Gasteiger partial charge is 0.261 e. The van der Waals surface area contributed by atoms with Gasteiger partial charge < -0.3 is 5.11 Å². The average molecular weight is 336 g/mol. The Balaban J connectivity index is 2.41. The number of anilines is 1. The van der Waals surface area contributed by atoms with E-state index < -0.39 is 15.7 Å². The van der Waals surface area contributed by atoms with Crippen molar-refractivity contribution in [1.82, 2.24) is 0 Å². The van der Waals surface area contributed by atoms with E-state index in [1.807, 2.05) is 0 Å². The number of phenolic OH excluding ortho intramolecular Hbond substituents is 1. The van der Waals surface area contributed by atoms with Crippen LogP contribution in [0.1, 0.15) is 5.56 Å². The predicted octanol–water partition coefficient (Wildman–Crippen LogP) is 1.26. The van der Waals surface area contributed by atoms with Gasteiger partial charge in [-0.2, -0.15) is 0 Å². The van der Waals surface area contributed by atoms with Gasteiger partial charge in [0.2, 0.25) is 0 Å². The van der Waals surface area contributed by atoms with E-state index in [0.29, 0.717) is 5.69 Å². The first-order valence-corrected chi connectivity index (χ1v) is 8.15. The van der Waals surface area contributed by atoms with E-state index >= 15 is 0 Å². The molecule has 0 aliphatic rings. The molecule has 2 aromatic rings. The van der Waals surface area contributed by atoms with Crippen LogP contribution in [0.25, 0.3) is 0 Å². The Labute approximate surface area is 130 Å². The van der Waals surface area contributed by atoms with Crippen LogP contribution in [-0.4, -0.2) is 25.5 Å². The number of phenols is 1. The minimum atomic E-state index is -3.89. The molecule has 0 saturated heterocycles. The molecular formula is C14H13N2O4PS. The first-order chi connectivity index (χ1) is 10.3. The number of sulfonamides is 1. The summed E-state index contributed by atoms with van der Waals surface area (Å²) in [5.74, 6) is -0.331. The van der Waals surface area contributed by atoms with Gasteiger partial charge in [-0.25, -0.2) is 8.42 Å². The molecule has 0 radical (unpaired) electrons. The monoisotopic (exact) mass is 336 g/mol. The number of hydrogen-bond donors (Lipinski definition) is 3. The van der Waals surface area contributed by atoms with Gasteiger partial charge in [0.15, 0.2) is 6.29 Å². The van der Waals surface area contributed by atoms with Crippen molar-refractivity contribution in [2.75, 3.05) is 4.72 Å². The highest BCUT2D eigenvalue weighted by Gasteiger charge is 2.18. The number of carbonyl (C=O) groups excluding carboxylic acids is 1. The summed E-state index contributed by atoms with van der Waals surface area (Å²) < 4.78 is 27.1. The van der Waals surface area contributed by atoms with Crippen LogP contribution in [0.15, 0.2) is 47.4 Å². The lowest BCUT2D eigenvalue weighted by Gasteiger charge is -2.10. The first-order valence-electron chi connectivity index (χ1n) is 6.09. The lowest BCUT2D eigenvalue weighted by molar-refractivity contribution is -0.102. The molecule has 0 amide bonds. The maximum atomic E-state index is 12.3. The Kier molecular flexibility index (Phi) is 4.59. The molecule has 6 nitrogen and oxygen atoms in total. The Hall–Kier alpha value is -2.24. The fraction of sp³-hybridized carbons (Fsp3) is 0. The topological polar surface area (TPSA) is 107 Å². The lowest BCUT2D eigenvalue weighted by Crippen LogP contribution is -2.14. The van der Waals surface area contributed by atoms with Crippen molar-refractivity contribution in [3.63, 3.8) is 0 Å². The standard InChI is InChI=1S/C14H13N2O4PS/c15-13(8-17)12-7-11(4-5-14(12)18)22(19,20)16-9-2-1-3-10(21)6-9/h1-8,15-16,18H,21H2. The number of nitrogens with one attached hydrogen (secondary N) is 2. The van der Waals surface area contributed by atoms with Gasteiger partial charge >= 0.3 is 0 Å². The number of rotatable bonds is 5. The number of benzene rings is 2. The number of aromatic hydroxyl groups is 1. The molecule has 0 aromatic heterocycles. The van der Waals surface area contributed by atoms with Gasteiger partial charge in [-0.05, 0) is 35.6 Å². The predicted molar refractivity (Wildman–Crippen MR) is 87.6 cm³/mol. The van der Waals surface area contributed by atoms with Gasteiger partial charge in [-0.1, -0.05) is 12.1 Å². The highest BCUT2D eigenvalue weighted by Crippen LogP contribution is 2.23. The summed E-state index contributed by atoms with van der Waals surface area (Å²) in [5.41, 5.74) is -0.258. The third kappa shape index (κ3) is 3.50. The molecule has 0 heterocycles. The van der Waals surface area contributed by atoms with Gasteiger partial charge in [0.25, 0.3) is 10.0 Å².